The molecule has 5 nitrogen and oxygen atoms in total. The highest BCUT2D eigenvalue weighted by Crippen LogP contribution is 2.28. The summed E-state index contributed by atoms with van der Waals surface area (Å²) in [5.74, 6) is 0.0671. The zero-order valence-corrected chi connectivity index (χ0v) is 14.8. The number of anilines is 2. The fourth-order valence-electron chi connectivity index (χ4n) is 3.19. The first kappa shape index (κ1) is 17.0. The van der Waals surface area contributed by atoms with Crippen molar-refractivity contribution in [3.63, 3.8) is 0 Å². The van der Waals surface area contributed by atoms with Crippen LogP contribution in [0.3, 0.4) is 0 Å². The number of carbonyl (C=O) groups is 2. The third-order valence-electron chi connectivity index (χ3n) is 4.50. The number of fused-ring (bicyclic) bond motifs is 1. The second kappa shape index (κ2) is 6.97. The lowest BCUT2D eigenvalue weighted by Gasteiger charge is -2.15. The number of hydrogen-bond acceptors (Lipinski definition) is 2. The molecule has 2 aromatic carbocycles. The number of benzene rings is 2. The minimum atomic E-state index is -0.224. The largest absolute Gasteiger partial charge is 0.334 e. The molecule has 0 radical (unpaired) electrons. The maximum absolute atomic E-state index is 12.1. The van der Waals surface area contributed by atoms with Gasteiger partial charge in [0.1, 0.15) is 0 Å². The molecule has 0 bridgehead atoms. The second-order valence-electron chi connectivity index (χ2n) is 6.51. The van der Waals surface area contributed by atoms with Crippen molar-refractivity contribution < 1.29 is 9.59 Å². The van der Waals surface area contributed by atoms with E-state index in [0.29, 0.717) is 6.54 Å². The number of rotatable bonds is 3. The topological polar surface area (TPSA) is 61.4 Å². The van der Waals surface area contributed by atoms with Crippen LogP contribution < -0.4 is 15.5 Å². The van der Waals surface area contributed by atoms with Gasteiger partial charge in [-0.25, -0.2) is 4.79 Å². The molecule has 0 fully saturated rings. The maximum Gasteiger partial charge on any atom is 0.319 e. The molecule has 2 aromatic rings. The van der Waals surface area contributed by atoms with Gasteiger partial charge in [0.05, 0.1) is 0 Å². The van der Waals surface area contributed by atoms with Crippen molar-refractivity contribution in [1.29, 1.82) is 0 Å². The molecule has 0 aliphatic carbocycles. The van der Waals surface area contributed by atoms with Gasteiger partial charge in [0.25, 0.3) is 0 Å². The van der Waals surface area contributed by atoms with E-state index in [1.165, 1.54) is 5.56 Å². The van der Waals surface area contributed by atoms with Crippen LogP contribution in [0.25, 0.3) is 0 Å². The summed E-state index contributed by atoms with van der Waals surface area (Å²) >= 11 is 0. The Morgan fingerprint density at radius 2 is 1.92 bits per heavy atom. The Kier molecular flexibility index (Phi) is 4.74. The van der Waals surface area contributed by atoms with E-state index in [2.05, 4.69) is 16.7 Å². The number of hydrogen-bond donors (Lipinski definition) is 2. The number of urea groups is 1. The van der Waals surface area contributed by atoms with Crippen LogP contribution in [-0.2, 0) is 17.8 Å². The van der Waals surface area contributed by atoms with Gasteiger partial charge in [-0.05, 0) is 49.1 Å². The fraction of sp³-hybridized carbons (Fsp3) is 0.300. The molecule has 0 aromatic heterocycles. The van der Waals surface area contributed by atoms with Crippen LogP contribution in [0.15, 0.2) is 36.4 Å². The summed E-state index contributed by atoms with van der Waals surface area (Å²) in [6, 6.07) is 11.7. The summed E-state index contributed by atoms with van der Waals surface area (Å²) in [5, 5.41) is 5.76. The maximum atomic E-state index is 12.1. The number of nitrogens with one attached hydrogen (secondary N) is 2. The quantitative estimate of drug-likeness (QED) is 0.900. The van der Waals surface area contributed by atoms with E-state index in [1.54, 1.807) is 11.8 Å². The minimum absolute atomic E-state index is 0.0671. The molecule has 5 heteroatoms. The summed E-state index contributed by atoms with van der Waals surface area (Å²) in [6.07, 6.45) is 0.859. The Morgan fingerprint density at radius 1 is 1.12 bits per heavy atom. The van der Waals surface area contributed by atoms with Gasteiger partial charge < -0.3 is 15.5 Å². The second-order valence-corrected chi connectivity index (χ2v) is 6.51. The number of carbonyl (C=O) groups excluding carboxylic acids is 2. The highest BCUT2D eigenvalue weighted by Gasteiger charge is 2.22. The van der Waals surface area contributed by atoms with E-state index in [0.717, 1.165) is 41.0 Å². The van der Waals surface area contributed by atoms with Crippen molar-refractivity contribution in [2.75, 3.05) is 16.8 Å². The van der Waals surface area contributed by atoms with Crippen molar-refractivity contribution in [3.05, 3.63) is 58.7 Å². The molecule has 0 spiro atoms. The van der Waals surface area contributed by atoms with Crippen LogP contribution in [0.2, 0.25) is 0 Å². The zero-order valence-electron chi connectivity index (χ0n) is 14.8. The van der Waals surface area contributed by atoms with Gasteiger partial charge in [0, 0.05) is 31.4 Å². The molecule has 1 heterocycles. The molecule has 2 N–H and O–H groups in total. The van der Waals surface area contributed by atoms with Crippen molar-refractivity contribution in [1.82, 2.24) is 5.32 Å². The summed E-state index contributed by atoms with van der Waals surface area (Å²) in [6.45, 7) is 6.77. The molecule has 3 amide bonds. The van der Waals surface area contributed by atoms with Crippen molar-refractivity contribution in [2.24, 2.45) is 0 Å². The summed E-state index contributed by atoms with van der Waals surface area (Å²) in [7, 11) is 0. The summed E-state index contributed by atoms with van der Waals surface area (Å²) < 4.78 is 0. The molecule has 0 unspecified atom stereocenters. The first-order valence-electron chi connectivity index (χ1n) is 8.46. The highest BCUT2D eigenvalue weighted by atomic mass is 16.2. The lowest BCUT2D eigenvalue weighted by atomic mass is 10.1. The molecule has 0 atom stereocenters. The van der Waals surface area contributed by atoms with Gasteiger partial charge in [0.15, 0.2) is 0 Å². The predicted octanol–water partition coefficient (Wildman–Crippen LogP) is 3.53. The number of amides is 3. The average Bonchev–Trinajstić information content (AvgIpc) is 2.99. The van der Waals surface area contributed by atoms with E-state index in [1.807, 2.05) is 44.2 Å². The Hall–Kier alpha value is -2.82. The van der Waals surface area contributed by atoms with E-state index < -0.39 is 0 Å². The normalized spacial score (nSPS) is 12.7. The molecule has 3 rings (SSSR count). The third kappa shape index (κ3) is 3.82. The zero-order chi connectivity index (χ0) is 18.0. The molecule has 130 valence electrons. The molecular weight excluding hydrogens is 314 g/mol. The van der Waals surface area contributed by atoms with Crippen LogP contribution in [0.4, 0.5) is 16.2 Å². The van der Waals surface area contributed by atoms with Crippen molar-refractivity contribution in [3.8, 4) is 0 Å². The summed E-state index contributed by atoms with van der Waals surface area (Å²) in [4.78, 5) is 25.5. The number of aryl methyl sites for hydroxylation is 2. The van der Waals surface area contributed by atoms with Gasteiger partial charge >= 0.3 is 6.03 Å². The lowest BCUT2D eigenvalue weighted by Crippen LogP contribution is -2.28. The standard InChI is InChI=1S/C20H23N3O2/c1-13-4-6-18(14(2)10-13)22-20(25)21-12-16-5-7-19-17(11-16)8-9-23(19)15(3)24/h4-7,10-11H,8-9,12H2,1-3H3,(H2,21,22,25). The van der Waals surface area contributed by atoms with E-state index in [9.17, 15) is 9.59 Å². The van der Waals surface area contributed by atoms with Crippen LogP contribution >= 0.6 is 0 Å². The predicted molar refractivity (Wildman–Crippen MR) is 99.9 cm³/mol. The van der Waals surface area contributed by atoms with Gasteiger partial charge in [-0.1, -0.05) is 29.8 Å². The van der Waals surface area contributed by atoms with Gasteiger partial charge in [-0.3, -0.25) is 4.79 Å². The van der Waals surface area contributed by atoms with Crippen LogP contribution in [-0.4, -0.2) is 18.5 Å². The Balaban J connectivity index is 1.60. The Bertz CT molecular complexity index is 830. The monoisotopic (exact) mass is 337 g/mol. The molecule has 0 saturated carbocycles. The first-order valence-corrected chi connectivity index (χ1v) is 8.46. The fourth-order valence-corrected chi connectivity index (χ4v) is 3.19. The lowest BCUT2D eigenvalue weighted by molar-refractivity contribution is -0.116. The van der Waals surface area contributed by atoms with Crippen LogP contribution in [0.5, 0.6) is 0 Å². The van der Waals surface area contributed by atoms with Gasteiger partial charge in [-0.2, -0.15) is 0 Å². The Labute approximate surface area is 148 Å². The molecule has 1 aliphatic rings. The summed E-state index contributed by atoms with van der Waals surface area (Å²) in [5.41, 5.74) is 6.19. The van der Waals surface area contributed by atoms with E-state index in [4.69, 9.17) is 0 Å². The van der Waals surface area contributed by atoms with Crippen molar-refractivity contribution in [2.45, 2.75) is 33.7 Å². The van der Waals surface area contributed by atoms with Crippen LogP contribution in [0.1, 0.15) is 29.2 Å². The SMILES string of the molecule is CC(=O)N1CCc2cc(CNC(=O)Nc3ccc(C)cc3C)ccc21. The molecule has 1 aliphatic heterocycles. The number of nitrogens with zero attached hydrogens (tertiary/aromatic N) is 1. The van der Waals surface area contributed by atoms with Crippen LogP contribution in [0, 0.1) is 13.8 Å². The van der Waals surface area contributed by atoms with Gasteiger partial charge in [0.2, 0.25) is 5.91 Å². The third-order valence-corrected chi connectivity index (χ3v) is 4.50. The van der Waals surface area contributed by atoms with Gasteiger partial charge in [-0.15, -0.1) is 0 Å². The first-order chi connectivity index (χ1) is 11.9. The van der Waals surface area contributed by atoms with Crippen molar-refractivity contribution >= 4 is 23.3 Å². The van der Waals surface area contributed by atoms with E-state index >= 15 is 0 Å². The smallest absolute Gasteiger partial charge is 0.319 e. The molecule has 0 saturated heterocycles. The highest BCUT2D eigenvalue weighted by molar-refractivity contribution is 5.94. The molecule has 25 heavy (non-hydrogen) atoms. The van der Waals surface area contributed by atoms with E-state index in [-0.39, 0.29) is 11.9 Å². The minimum Gasteiger partial charge on any atom is -0.334 e. The average molecular weight is 337 g/mol. The molecular formula is C20H23N3O2. The Morgan fingerprint density at radius 3 is 2.64 bits per heavy atom.